The highest BCUT2D eigenvalue weighted by Crippen LogP contribution is 2.29. The van der Waals surface area contributed by atoms with E-state index in [0.717, 1.165) is 5.56 Å². The van der Waals surface area contributed by atoms with E-state index in [1.807, 2.05) is 13.0 Å². The molecule has 5 heteroatoms. The molecule has 0 aliphatic rings. The monoisotopic (exact) mass is 252 g/mol. The van der Waals surface area contributed by atoms with Gasteiger partial charge in [-0.05, 0) is 13.0 Å². The first-order valence-electron chi connectivity index (χ1n) is 5.86. The lowest BCUT2D eigenvalue weighted by Gasteiger charge is -2.16. The molecule has 0 aromatic heterocycles. The van der Waals surface area contributed by atoms with Gasteiger partial charge in [0, 0.05) is 30.6 Å². The van der Waals surface area contributed by atoms with Gasteiger partial charge in [-0.1, -0.05) is 6.07 Å². The van der Waals surface area contributed by atoms with Crippen molar-refractivity contribution in [1.29, 1.82) is 0 Å². The Morgan fingerprint density at radius 3 is 2.67 bits per heavy atom. The molecule has 0 aliphatic heterocycles. The van der Waals surface area contributed by atoms with Crippen molar-refractivity contribution in [3.63, 3.8) is 0 Å². The fraction of sp³-hybridized carbons (Fsp3) is 0.462. The molecule has 0 fully saturated rings. The van der Waals surface area contributed by atoms with Crippen LogP contribution in [0, 0.1) is 0 Å². The summed E-state index contributed by atoms with van der Waals surface area (Å²) < 4.78 is 10.4. The van der Waals surface area contributed by atoms with E-state index in [2.05, 4.69) is 5.32 Å². The Morgan fingerprint density at radius 1 is 1.39 bits per heavy atom. The molecule has 1 atom stereocenters. The van der Waals surface area contributed by atoms with Crippen LogP contribution in [0.15, 0.2) is 18.2 Å². The van der Waals surface area contributed by atoms with Gasteiger partial charge in [-0.15, -0.1) is 0 Å². The maximum atomic E-state index is 11.5. The fourth-order valence-corrected chi connectivity index (χ4v) is 1.70. The number of nitrogens with two attached hydrogens (primary N) is 1. The van der Waals surface area contributed by atoms with Crippen LogP contribution in [0.2, 0.25) is 0 Å². The molecule has 18 heavy (non-hydrogen) atoms. The van der Waals surface area contributed by atoms with E-state index in [-0.39, 0.29) is 12.3 Å². The Balaban J connectivity index is 2.84. The van der Waals surface area contributed by atoms with Gasteiger partial charge in [0.1, 0.15) is 11.5 Å². The normalized spacial score (nSPS) is 11.8. The van der Waals surface area contributed by atoms with Crippen LogP contribution in [-0.4, -0.2) is 26.7 Å². The average molecular weight is 252 g/mol. The highest BCUT2D eigenvalue weighted by Gasteiger charge is 2.16. The van der Waals surface area contributed by atoms with Gasteiger partial charge >= 0.3 is 0 Å². The number of hydrogen-bond acceptors (Lipinski definition) is 4. The maximum Gasteiger partial charge on any atom is 0.221 e. The zero-order valence-electron chi connectivity index (χ0n) is 11.0. The largest absolute Gasteiger partial charge is 0.497 e. The van der Waals surface area contributed by atoms with E-state index in [4.69, 9.17) is 15.2 Å². The second-order valence-corrected chi connectivity index (χ2v) is 3.87. The molecule has 5 nitrogen and oxygen atoms in total. The van der Waals surface area contributed by atoms with E-state index in [1.54, 1.807) is 26.4 Å². The molecule has 1 aromatic rings. The van der Waals surface area contributed by atoms with Crippen LogP contribution in [0.1, 0.15) is 24.9 Å². The topological polar surface area (TPSA) is 73.6 Å². The summed E-state index contributed by atoms with van der Waals surface area (Å²) in [6, 6.07) is 4.99. The Morgan fingerprint density at radius 2 is 2.11 bits per heavy atom. The minimum absolute atomic E-state index is 0.0668. The predicted octanol–water partition coefficient (Wildman–Crippen LogP) is 1.23. The number of carbonyl (C=O) groups excluding carboxylic acids is 1. The predicted molar refractivity (Wildman–Crippen MR) is 69.8 cm³/mol. The van der Waals surface area contributed by atoms with E-state index >= 15 is 0 Å². The Labute approximate surface area is 107 Å². The number of hydrogen-bond donors (Lipinski definition) is 2. The third-order valence-electron chi connectivity index (χ3n) is 2.62. The molecule has 0 bridgehead atoms. The van der Waals surface area contributed by atoms with Crippen molar-refractivity contribution < 1.29 is 14.3 Å². The van der Waals surface area contributed by atoms with Crippen molar-refractivity contribution >= 4 is 5.91 Å². The molecule has 1 rings (SSSR count). The number of rotatable bonds is 6. The molecule has 100 valence electrons. The molecule has 0 spiro atoms. The van der Waals surface area contributed by atoms with Crippen molar-refractivity contribution in [2.75, 3.05) is 20.8 Å². The molecule has 1 aromatic carbocycles. The van der Waals surface area contributed by atoms with Gasteiger partial charge in [0.05, 0.1) is 14.2 Å². The number of ether oxygens (including phenoxy) is 2. The lowest BCUT2D eigenvalue weighted by molar-refractivity contribution is -0.121. The second-order valence-electron chi connectivity index (χ2n) is 3.87. The second kappa shape index (κ2) is 6.86. The molecule has 0 saturated carbocycles. The van der Waals surface area contributed by atoms with E-state index < -0.39 is 6.04 Å². The summed E-state index contributed by atoms with van der Waals surface area (Å²) in [6.07, 6.45) is 0.233. The Kier molecular flexibility index (Phi) is 5.45. The molecule has 0 heterocycles. The number of amides is 1. The van der Waals surface area contributed by atoms with E-state index in [1.165, 1.54) is 0 Å². The summed E-state index contributed by atoms with van der Waals surface area (Å²) in [7, 11) is 3.15. The first kappa shape index (κ1) is 14.3. The van der Waals surface area contributed by atoms with Crippen molar-refractivity contribution in [1.82, 2.24) is 5.32 Å². The molecule has 0 aliphatic carbocycles. The van der Waals surface area contributed by atoms with Gasteiger partial charge in [-0.25, -0.2) is 0 Å². The van der Waals surface area contributed by atoms with Crippen molar-refractivity contribution in [3.8, 4) is 11.5 Å². The summed E-state index contributed by atoms with van der Waals surface area (Å²) in [5, 5.41) is 2.72. The third-order valence-corrected chi connectivity index (χ3v) is 2.62. The van der Waals surface area contributed by atoms with Gasteiger partial charge in [0.15, 0.2) is 0 Å². The summed E-state index contributed by atoms with van der Waals surface area (Å²) >= 11 is 0. The molecule has 1 unspecified atom stereocenters. The molecule has 0 radical (unpaired) electrons. The van der Waals surface area contributed by atoms with Crippen LogP contribution >= 0.6 is 0 Å². The van der Waals surface area contributed by atoms with Gasteiger partial charge in [0.2, 0.25) is 5.91 Å². The van der Waals surface area contributed by atoms with Crippen LogP contribution in [0.5, 0.6) is 11.5 Å². The van der Waals surface area contributed by atoms with Crippen molar-refractivity contribution in [2.45, 2.75) is 19.4 Å². The quantitative estimate of drug-likeness (QED) is 0.798. The smallest absolute Gasteiger partial charge is 0.221 e. The standard InChI is InChI=1S/C13H20N2O3/c1-4-15-13(16)8-11(14)10-6-5-9(17-2)7-12(10)18-3/h5-7,11H,4,8,14H2,1-3H3,(H,15,16). The third kappa shape index (κ3) is 3.63. The van der Waals surface area contributed by atoms with Gasteiger partial charge in [-0.2, -0.15) is 0 Å². The van der Waals surface area contributed by atoms with Gasteiger partial charge in [0.25, 0.3) is 0 Å². The zero-order valence-corrected chi connectivity index (χ0v) is 11.0. The Hall–Kier alpha value is -1.75. The average Bonchev–Trinajstić information content (AvgIpc) is 2.38. The van der Waals surface area contributed by atoms with E-state index in [0.29, 0.717) is 18.0 Å². The number of methoxy groups -OCH3 is 2. The minimum Gasteiger partial charge on any atom is -0.497 e. The van der Waals surface area contributed by atoms with Crippen LogP contribution in [0.25, 0.3) is 0 Å². The number of nitrogens with one attached hydrogen (secondary N) is 1. The maximum absolute atomic E-state index is 11.5. The van der Waals surface area contributed by atoms with Crippen molar-refractivity contribution in [3.05, 3.63) is 23.8 Å². The first-order valence-corrected chi connectivity index (χ1v) is 5.86. The van der Waals surface area contributed by atoms with Crippen LogP contribution in [-0.2, 0) is 4.79 Å². The lowest BCUT2D eigenvalue weighted by Crippen LogP contribution is -2.27. The number of carbonyl (C=O) groups is 1. The first-order chi connectivity index (χ1) is 8.62. The molecule has 0 saturated heterocycles. The zero-order chi connectivity index (χ0) is 13.5. The number of benzene rings is 1. The highest BCUT2D eigenvalue weighted by atomic mass is 16.5. The molecular formula is C13H20N2O3. The van der Waals surface area contributed by atoms with Crippen molar-refractivity contribution in [2.24, 2.45) is 5.73 Å². The minimum atomic E-state index is -0.391. The highest BCUT2D eigenvalue weighted by molar-refractivity contribution is 5.76. The van der Waals surface area contributed by atoms with Gasteiger partial charge in [-0.3, -0.25) is 4.79 Å². The summed E-state index contributed by atoms with van der Waals surface area (Å²) in [6.45, 7) is 2.47. The summed E-state index contributed by atoms with van der Waals surface area (Å²) in [4.78, 5) is 11.5. The summed E-state index contributed by atoms with van der Waals surface area (Å²) in [5.41, 5.74) is 6.81. The van der Waals surface area contributed by atoms with Crippen LogP contribution in [0.4, 0.5) is 0 Å². The van der Waals surface area contributed by atoms with Gasteiger partial charge < -0.3 is 20.5 Å². The SMILES string of the molecule is CCNC(=O)CC(N)c1ccc(OC)cc1OC. The Bertz CT molecular complexity index is 407. The molecule has 3 N–H and O–H groups in total. The van der Waals surface area contributed by atoms with Crippen LogP contribution in [0.3, 0.4) is 0 Å². The van der Waals surface area contributed by atoms with Crippen LogP contribution < -0.4 is 20.5 Å². The molecule has 1 amide bonds. The lowest BCUT2D eigenvalue weighted by atomic mass is 10.0. The fourth-order valence-electron chi connectivity index (χ4n) is 1.70. The summed E-state index contributed by atoms with van der Waals surface area (Å²) in [5.74, 6) is 1.26. The molecular weight excluding hydrogens is 232 g/mol. The van der Waals surface area contributed by atoms with E-state index in [9.17, 15) is 4.79 Å².